The van der Waals surface area contributed by atoms with Crippen molar-refractivity contribution in [1.82, 2.24) is 4.90 Å². The molecule has 0 aliphatic heterocycles. The van der Waals surface area contributed by atoms with E-state index in [1.165, 1.54) is 13.8 Å². The lowest BCUT2D eigenvalue weighted by molar-refractivity contribution is -0.183. The van der Waals surface area contributed by atoms with Crippen LogP contribution in [0, 0.1) is 0 Å². The zero-order chi connectivity index (χ0) is 15.5. The highest BCUT2D eigenvalue weighted by atomic mass is 19.3. The number of benzene rings is 1. The lowest BCUT2D eigenvalue weighted by Crippen LogP contribution is -2.50. The Morgan fingerprint density at radius 2 is 1.85 bits per heavy atom. The van der Waals surface area contributed by atoms with Crippen molar-refractivity contribution in [2.75, 3.05) is 5.73 Å². The van der Waals surface area contributed by atoms with Crippen LogP contribution in [0.25, 0.3) is 0 Å². The summed E-state index contributed by atoms with van der Waals surface area (Å²) >= 11 is 0. The zero-order valence-corrected chi connectivity index (χ0v) is 11.1. The Morgan fingerprint density at radius 1 is 1.30 bits per heavy atom. The maximum absolute atomic E-state index is 13.2. The molecule has 1 rings (SSSR count). The molecule has 20 heavy (non-hydrogen) atoms. The molecule has 1 amide bonds. The van der Waals surface area contributed by atoms with Crippen LogP contribution in [0.5, 0.6) is 0 Å². The first-order valence-electron chi connectivity index (χ1n) is 5.98. The summed E-state index contributed by atoms with van der Waals surface area (Å²) in [6.45, 7) is 2.70. The van der Waals surface area contributed by atoms with Gasteiger partial charge < -0.3 is 10.6 Å². The molecule has 0 unspecified atom stereocenters. The Bertz CT molecular complexity index is 477. The quantitative estimate of drug-likeness (QED) is 0.670. The topological polar surface area (TPSA) is 46.3 Å². The summed E-state index contributed by atoms with van der Waals surface area (Å²) in [5.74, 6) is -6.60. The van der Waals surface area contributed by atoms with Crippen molar-refractivity contribution in [3.05, 3.63) is 29.8 Å². The number of nitrogens with two attached hydrogens (primary N) is 1. The summed E-state index contributed by atoms with van der Waals surface area (Å²) in [6.07, 6.45) is -4.04. The van der Waals surface area contributed by atoms with Crippen molar-refractivity contribution in [2.45, 2.75) is 38.8 Å². The van der Waals surface area contributed by atoms with E-state index < -0.39 is 24.3 Å². The summed E-state index contributed by atoms with van der Waals surface area (Å²) in [4.78, 5) is 12.3. The van der Waals surface area contributed by atoms with E-state index in [9.17, 15) is 22.4 Å². The molecule has 0 aliphatic carbocycles. The van der Waals surface area contributed by atoms with Gasteiger partial charge in [-0.1, -0.05) is 18.2 Å². The van der Waals surface area contributed by atoms with Crippen LogP contribution < -0.4 is 5.73 Å². The number of rotatable bonds is 5. The predicted molar refractivity (Wildman–Crippen MR) is 67.5 cm³/mol. The summed E-state index contributed by atoms with van der Waals surface area (Å²) in [7, 11) is 0. The van der Waals surface area contributed by atoms with Crippen LogP contribution in [-0.2, 0) is 11.3 Å². The van der Waals surface area contributed by atoms with E-state index in [0.29, 0.717) is 16.2 Å². The van der Waals surface area contributed by atoms with Gasteiger partial charge in [-0.15, -0.1) is 0 Å². The molecule has 1 aromatic carbocycles. The fourth-order valence-corrected chi connectivity index (χ4v) is 1.64. The van der Waals surface area contributed by atoms with E-state index in [1.807, 2.05) is 0 Å². The van der Waals surface area contributed by atoms with E-state index in [4.69, 9.17) is 5.73 Å². The van der Waals surface area contributed by atoms with Gasteiger partial charge in [0.2, 0.25) is 0 Å². The zero-order valence-electron chi connectivity index (χ0n) is 11.1. The van der Waals surface area contributed by atoms with Gasteiger partial charge in [0.25, 0.3) is 5.91 Å². The number of para-hydroxylation sites is 1. The second-order valence-electron chi connectivity index (χ2n) is 4.65. The SMILES string of the molecule is CC(C)N(Cc1ccccc1N)C(=O)C(F)(F)C(F)F. The van der Waals surface area contributed by atoms with Gasteiger partial charge in [0.05, 0.1) is 0 Å². The average molecular weight is 292 g/mol. The fraction of sp³-hybridized carbons (Fsp3) is 0.462. The number of alkyl halides is 4. The van der Waals surface area contributed by atoms with Crippen LogP contribution in [0.3, 0.4) is 0 Å². The Morgan fingerprint density at radius 3 is 2.30 bits per heavy atom. The molecular formula is C13H16F4N2O. The second-order valence-corrected chi connectivity index (χ2v) is 4.65. The number of nitrogens with zero attached hydrogens (tertiary/aromatic N) is 1. The lowest BCUT2D eigenvalue weighted by atomic mass is 10.1. The molecule has 0 aliphatic rings. The van der Waals surface area contributed by atoms with Crippen LogP contribution in [0.15, 0.2) is 24.3 Å². The smallest absolute Gasteiger partial charge is 0.383 e. The van der Waals surface area contributed by atoms with Gasteiger partial charge in [-0.05, 0) is 25.5 Å². The molecule has 0 radical (unpaired) electrons. The molecule has 0 atom stereocenters. The van der Waals surface area contributed by atoms with Gasteiger partial charge >= 0.3 is 12.3 Å². The molecular weight excluding hydrogens is 276 g/mol. The van der Waals surface area contributed by atoms with Crippen molar-refractivity contribution in [3.63, 3.8) is 0 Å². The van der Waals surface area contributed by atoms with Crippen molar-refractivity contribution in [2.24, 2.45) is 0 Å². The Balaban J connectivity index is 3.02. The van der Waals surface area contributed by atoms with Crippen LogP contribution in [-0.4, -0.2) is 29.2 Å². The largest absolute Gasteiger partial charge is 0.398 e. The molecule has 0 aromatic heterocycles. The number of hydrogen-bond donors (Lipinski definition) is 1. The number of hydrogen-bond acceptors (Lipinski definition) is 2. The maximum atomic E-state index is 13.2. The highest BCUT2D eigenvalue weighted by Crippen LogP contribution is 2.27. The Labute approximate surface area is 114 Å². The van der Waals surface area contributed by atoms with Crippen molar-refractivity contribution >= 4 is 11.6 Å². The molecule has 0 fully saturated rings. The van der Waals surface area contributed by atoms with Crippen molar-refractivity contribution < 1.29 is 22.4 Å². The molecule has 2 N–H and O–H groups in total. The van der Waals surface area contributed by atoms with Crippen LogP contribution >= 0.6 is 0 Å². The molecule has 0 heterocycles. The second kappa shape index (κ2) is 6.11. The van der Waals surface area contributed by atoms with E-state index in [1.54, 1.807) is 24.3 Å². The minimum Gasteiger partial charge on any atom is -0.398 e. The minimum absolute atomic E-state index is 0.245. The number of carbonyl (C=O) groups excluding carboxylic acids is 1. The normalized spacial score (nSPS) is 12.0. The summed E-state index contributed by atoms with van der Waals surface area (Å²) in [5, 5.41) is 0. The third-order valence-corrected chi connectivity index (χ3v) is 2.84. The number of nitrogen functional groups attached to an aromatic ring is 1. The monoisotopic (exact) mass is 292 g/mol. The number of carbonyl (C=O) groups is 1. The lowest BCUT2D eigenvalue weighted by Gasteiger charge is -2.30. The summed E-state index contributed by atoms with van der Waals surface area (Å²) < 4.78 is 50.9. The molecule has 1 aromatic rings. The molecule has 0 bridgehead atoms. The number of halogens is 4. The fourth-order valence-electron chi connectivity index (χ4n) is 1.64. The predicted octanol–water partition coefficient (Wildman–Crippen LogP) is 2.91. The highest BCUT2D eigenvalue weighted by Gasteiger charge is 2.51. The average Bonchev–Trinajstić information content (AvgIpc) is 2.36. The van der Waals surface area contributed by atoms with Crippen LogP contribution in [0.2, 0.25) is 0 Å². The van der Waals surface area contributed by atoms with E-state index in [0.717, 1.165) is 0 Å². The first kappa shape index (κ1) is 16.3. The summed E-state index contributed by atoms with van der Waals surface area (Å²) in [5.41, 5.74) is 6.41. The van der Waals surface area contributed by atoms with Gasteiger partial charge in [-0.3, -0.25) is 4.79 Å². The van der Waals surface area contributed by atoms with Gasteiger partial charge in [0.15, 0.2) is 0 Å². The third kappa shape index (κ3) is 3.40. The van der Waals surface area contributed by atoms with Crippen molar-refractivity contribution in [3.8, 4) is 0 Å². The Hall–Kier alpha value is -1.79. The van der Waals surface area contributed by atoms with Gasteiger partial charge in [0.1, 0.15) is 0 Å². The standard InChI is InChI=1S/C13H16F4N2O/c1-8(2)19(12(20)13(16,17)11(14)15)7-9-5-3-4-6-10(9)18/h3-6,8,11H,7,18H2,1-2H3. The van der Waals surface area contributed by atoms with E-state index in [-0.39, 0.29) is 6.54 Å². The molecule has 0 saturated heterocycles. The minimum atomic E-state index is -4.70. The van der Waals surface area contributed by atoms with Crippen LogP contribution in [0.4, 0.5) is 23.2 Å². The first-order valence-corrected chi connectivity index (χ1v) is 5.98. The van der Waals surface area contributed by atoms with E-state index in [2.05, 4.69) is 0 Å². The number of amides is 1. The Kier molecular flexibility index (Phi) is 4.97. The maximum Gasteiger partial charge on any atom is 0.383 e. The molecule has 0 spiro atoms. The van der Waals surface area contributed by atoms with Gasteiger partial charge in [-0.2, -0.15) is 8.78 Å². The van der Waals surface area contributed by atoms with Crippen LogP contribution in [0.1, 0.15) is 19.4 Å². The van der Waals surface area contributed by atoms with Gasteiger partial charge in [0, 0.05) is 18.3 Å². The molecule has 112 valence electrons. The molecule has 3 nitrogen and oxygen atoms in total. The van der Waals surface area contributed by atoms with E-state index >= 15 is 0 Å². The highest BCUT2D eigenvalue weighted by molar-refractivity contribution is 5.84. The van der Waals surface area contributed by atoms with Gasteiger partial charge in [-0.25, -0.2) is 8.78 Å². The first-order chi connectivity index (χ1) is 9.17. The number of anilines is 1. The summed E-state index contributed by atoms with van der Waals surface area (Å²) in [6, 6.07) is 5.71. The molecule has 7 heteroatoms. The van der Waals surface area contributed by atoms with Crippen molar-refractivity contribution in [1.29, 1.82) is 0 Å². The molecule has 0 saturated carbocycles. The third-order valence-electron chi connectivity index (χ3n) is 2.84.